The smallest absolute Gasteiger partial charge is 0.320 e. The van der Waals surface area contributed by atoms with E-state index in [1.807, 2.05) is 12.1 Å². The molecule has 1 aromatic carbocycles. The average molecular weight is 253 g/mol. The van der Waals surface area contributed by atoms with E-state index in [9.17, 15) is 4.79 Å². The minimum Gasteiger partial charge on any atom is -0.497 e. The number of benzene rings is 1. The molecule has 2 N–H and O–H groups in total. The van der Waals surface area contributed by atoms with E-state index in [1.165, 1.54) is 0 Å². The van der Waals surface area contributed by atoms with Gasteiger partial charge in [0.05, 0.1) is 14.2 Å². The van der Waals surface area contributed by atoms with E-state index in [0.29, 0.717) is 24.3 Å². The van der Waals surface area contributed by atoms with Gasteiger partial charge in [-0.1, -0.05) is 0 Å². The van der Waals surface area contributed by atoms with E-state index >= 15 is 0 Å². The lowest BCUT2D eigenvalue weighted by molar-refractivity contribution is -0.139. The van der Waals surface area contributed by atoms with E-state index < -0.39 is 12.0 Å². The first-order chi connectivity index (χ1) is 8.60. The number of carboxylic acid groups (broad SMARTS) is 1. The standard InChI is InChI=1S/C13H19NO4/c1-14-12(13(15)16)5-4-9-6-10(17-2)8-11(7-9)18-3/h6-8,12,14H,4-5H2,1-3H3,(H,15,16)/t12-/m0/s1. The van der Waals surface area contributed by atoms with Crippen molar-refractivity contribution in [3.63, 3.8) is 0 Å². The fraction of sp³-hybridized carbons (Fsp3) is 0.462. The van der Waals surface area contributed by atoms with Crippen molar-refractivity contribution in [2.24, 2.45) is 0 Å². The largest absolute Gasteiger partial charge is 0.497 e. The summed E-state index contributed by atoms with van der Waals surface area (Å²) in [7, 11) is 4.82. The summed E-state index contributed by atoms with van der Waals surface area (Å²) in [6.45, 7) is 0. The van der Waals surface area contributed by atoms with Gasteiger partial charge in [-0.2, -0.15) is 0 Å². The van der Waals surface area contributed by atoms with Crippen LogP contribution >= 0.6 is 0 Å². The van der Waals surface area contributed by atoms with Gasteiger partial charge in [-0.25, -0.2) is 0 Å². The Bertz CT molecular complexity index is 384. The first kappa shape index (κ1) is 14.3. The summed E-state index contributed by atoms with van der Waals surface area (Å²) in [4.78, 5) is 10.9. The van der Waals surface area contributed by atoms with Crippen LogP contribution in [0.2, 0.25) is 0 Å². The molecule has 0 unspecified atom stereocenters. The summed E-state index contributed by atoms with van der Waals surface area (Å²) in [6, 6.07) is 5.02. The average Bonchev–Trinajstić information content (AvgIpc) is 2.38. The minimum absolute atomic E-state index is 0.516. The molecule has 0 aliphatic carbocycles. The van der Waals surface area contributed by atoms with Crippen LogP contribution in [-0.2, 0) is 11.2 Å². The predicted octanol–water partition coefficient (Wildman–Crippen LogP) is 1.31. The highest BCUT2D eigenvalue weighted by Crippen LogP contribution is 2.23. The number of hydrogen-bond donors (Lipinski definition) is 2. The van der Waals surface area contributed by atoms with Crippen LogP contribution in [0.25, 0.3) is 0 Å². The Hall–Kier alpha value is -1.75. The predicted molar refractivity (Wildman–Crippen MR) is 68.4 cm³/mol. The van der Waals surface area contributed by atoms with Crippen molar-refractivity contribution in [3.05, 3.63) is 23.8 Å². The Labute approximate surface area is 107 Å². The number of carbonyl (C=O) groups is 1. The normalized spacial score (nSPS) is 11.9. The van der Waals surface area contributed by atoms with Gasteiger partial charge < -0.3 is 19.9 Å². The molecule has 5 heteroatoms. The van der Waals surface area contributed by atoms with Gasteiger partial charge in [0, 0.05) is 6.07 Å². The van der Waals surface area contributed by atoms with Crippen molar-refractivity contribution in [2.75, 3.05) is 21.3 Å². The van der Waals surface area contributed by atoms with Crippen LogP contribution < -0.4 is 14.8 Å². The monoisotopic (exact) mass is 253 g/mol. The molecule has 0 spiro atoms. The number of rotatable bonds is 7. The molecule has 0 saturated carbocycles. The van der Waals surface area contributed by atoms with Gasteiger partial charge in [0.25, 0.3) is 0 Å². The van der Waals surface area contributed by atoms with E-state index in [2.05, 4.69) is 5.32 Å². The molecule has 100 valence electrons. The molecule has 1 rings (SSSR count). The highest BCUT2D eigenvalue weighted by atomic mass is 16.5. The lowest BCUT2D eigenvalue weighted by atomic mass is 10.0. The quantitative estimate of drug-likeness (QED) is 0.767. The van der Waals surface area contributed by atoms with Crippen molar-refractivity contribution < 1.29 is 19.4 Å². The van der Waals surface area contributed by atoms with E-state index in [4.69, 9.17) is 14.6 Å². The molecule has 1 atom stereocenters. The fourth-order valence-corrected chi connectivity index (χ4v) is 1.71. The minimum atomic E-state index is -0.840. The maximum Gasteiger partial charge on any atom is 0.320 e. The third kappa shape index (κ3) is 3.92. The topological polar surface area (TPSA) is 67.8 Å². The molecule has 18 heavy (non-hydrogen) atoms. The molecule has 0 aliphatic rings. The summed E-state index contributed by atoms with van der Waals surface area (Å²) in [6.07, 6.45) is 1.16. The van der Waals surface area contributed by atoms with Crippen LogP contribution in [0, 0.1) is 0 Å². The van der Waals surface area contributed by atoms with Crippen molar-refractivity contribution in [1.29, 1.82) is 0 Å². The first-order valence-corrected chi connectivity index (χ1v) is 5.72. The van der Waals surface area contributed by atoms with Gasteiger partial charge in [0.2, 0.25) is 0 Å². The Morgan fingerprint density at radius 1 is 1.28 bits per heavy atom. The lowest BCUT2D eigenvalue weighted by Crippen LogP contribution is -2.34. The third-order valence-corrected chi connectivity index (χ3v) is 2.78. The zero-order valence-corrected chi connectivity index (χ0v) is 10.9. The number of likely N-dealkylation sites (N-methyl/N-ethyl adjacent to an activating group) is 1. The van der Waals surface area contributed by atoms with E-state index in [1.54, 1.807) is 27.3 Å². The van der Waals surface area contributed by atoms with Gasteiger partial charge in [-0.05, 0) is 37.6 Å². The maximum atomic E-state index is 10.9. The number of ether oxygens (including phenoxy) is 2. The van der Waals surface area contributed by atoms with Crippen molar-refractivity contribution in [1.82, 2.24) is 5.32 Å². The second kappa shape index (κ2) is 6.86. The molecule has 0 saturated heterocycles. The number of aryl methyl sites for hydroxylation is 1. The summed E-state index contributed by atoms with van der Waals surface area (Å²) in [5.41, 5.74) is 0.993. The number of aliphatic carboxylic acids is 1. The first-order valence-electron chi connectivity index (χ1n) is 5.72. The second-order valence-corrected chi connectivity index (χ2v) is 3.94. The van der Waals surface area contributed by atoms with Gasteiger partial charge >= 0.3 is 5.97 Å². The second-order valence-electron chi connectivity index (χ2n) is 3.94. The van der Waals surface area contributed by atoms with Crippen LogP contribution in [0.5, 0.6) is 11.5 Å². The summed E-state index contributed by atoms with van der Waals surface area (Å²) >= 11 is 0. The molecule has 1 aromatic rings. The number of hydrogen-bond acceptors (Lipinski definition) is 4. The van der Waals surface area contributed by atoms with Crippen LogP contribution in [0.4, 0.5) is 0 Å². The molecular weight excluding hydrogens is 234 g/mol. The molecule has 0 aromatic heterocycles. The number of nitrogens with one attached hydrogen (secondary N) is 1. The van der Waals surface area contributed by atoms with Crippen LogP contribution in [0.3, 0.4) is 0 Å². The van der Waals surface area contributed by atoms with Gasteiger partial charge in [0.15, 0.2) is 0 Å². The van der Waals surface area contributed by atoms with E-state index in [0.717, 1.165) is 5.56 Å². The maximum absolute atomic E-state index is 10.9. The molecule has 0 heterocycles. The highest BCUT2D eigenvalue weighted by Gasteiger charge is 2.14. The highest BCUT2D eigenvalue weighted by molar-refractivity contribution is 5.73. The molecule has 5 nitrogen and oxygen atoms in total. The number of methoxy groups -OCH3 is 2. The van der Waals surface area contributed by atoms with Gasteiger partial charge in [0.1, 0.15) is 17.5 Å². The van der Waals surface area contributed by atoms with E-state index in [-0.39, 0.29) is 0 Å². The zero-order chi connectivity index (χ0) is 13.5. The fourth-order valence-electron chi connectivity index (χ4n) is 1.71. The molecule has 0 aliphatic heterocycles. The Kier molecular flexibility index (Phi) is 5.45. The number of carboxylic acids is 1. The van der Waals surface area contributed by atoms with Crippen LogP contribution in [0.15, 0.2) is 18.2 Å². The van der Waals surface area contributed by atoms with Crippen LogP contribution in [-0.4, -0.2) is 38.4 Å². The van der Waals surface area contributed by atoms with Crippen molar-refractivity contribution in [3.8, 4) is 11.5 Å². The van der Waals surface area contributed by atoms with Gasteiger partial charge in [-0.15, -0.1) is 0 Å². The molecule has 0 radical (unpaired) electrons. The SMILES string of the molecule is CN[C@@H](CCc1cc(OC)cc(OC)c1)C(=O)O. The zero-order valence-electron chi connectivity index (χ0n) is 10.9. The Morgan fingerprint density at radius 3 is 2.22 bits per heavy atom. The summed E-state index contributed by atoms with van der Waals surface area (Å²) < 4.78 is 10.3. The summed E-state index contributed by atoms with van der Waals surface area (Å²) in [5, 5.41) is 11.7. The molecule has 0 bridgehead atoms. The molecule has 0 amide bonds. The molecular formula is C13H19NO4. The lowest BCUT2D eigenvalue weighted by Gasteiger charge is -2.12. The third-order valence-electron chi connectivity index (χ3n) is 2.78. The molecule has 0 fully saturated rings. The summed E-state index contributed by atoms with van der Waals surface area (Å²) in [5.74, 6) is 0.578. The van der Waals surface area contributed by atoms with Crippen molar-refractivity contribution >= 4 is 5.97 Å². The van der Waals surface area contributed by atoms with Gasteiger partial charge in [-0.3, -0.25) is 4.79 Å². The Balaban J connectivity index is 2.74. The van der Waals surface area contributed by atoms with Crippen molar-refractivity contribution in [2.45, 2.75) is 18.9 Å². The van der Waals surface area contributed by atoms with Crippen LogP contribution in [0.1, 0.15) is 12.0 Å². The Morgan fingerprint density at radius 2 is 1.83 bits per heavy atom.